The summed E-state index contributed by atoms with van der Waals surface area (Å²) in [6.07, 6.45) is 0. The van der Waals surface area contributed by atoms with Gasteiger partial charge in [0.15, 0.2) is 0 Å². The molecule has 5 nitrogen and oxygen atoms in total. The Morgan fingerprint density at radius 2 is 0.897 bits per heavy atom. The lowest BCUT2D eigenvalue weighted by atomic mass is 9.33. The quantitative estimate of drug-likeness (QED) is 0.134. The predicted molar refractivity (Wildman–Crippen MR) is 332 cm³/mol. The Labute approximate surface area is 460 Å². The molecule has 6 heteroatoms. The maximum atomic E-state index is 6.41. The molecule has 2 aliphatic rings. The van der Waals surface area contributed by atoms with Crippen LogP contribution in [0.4, 0.5) is 68.2 Å². The number of fused-ring (bicyclic) bond motifs is 5. The van der Waals surface area contributed by atoms with E-state index in [9.17, 15) is 0 Å². The summed E-state index contributed by atoms with van der Waals surface area (Å²) in [6, 6.07) is 87.1. The van der Waals surface area contributed by atoms with Crippen LogP contribution in [-0.4, -0.2) is 6.71 Å². The monoisotopic (exact) mass is 1010 g/mol. The largest absolute Gasteiger partial charge is 0.456 e. The Kier molecular flexibility index (Phi) is 11.8. The molecule has 0 aliphatic carbocycles. The van der Waals surface area contributed by atoms with Gasteiger partial charge in [-0.3, -0.25) is 0 Å². The summed E-state index contributed by atoms with van der Waals surface area (Å²) in [7, 11) is 0. The number of rotatable bonds is 9. The van der Waals surface area contributed by atoms with Crippen molar-refractivity contribution in [3.63, 3.8) is 0 Å². The van der Waals surface area contributed by atoms with Crippen LogP contribution in [0.3, 0.4) is 0 Å². The SMILES string of the molecule is Cc1cccc(C)c1N1c2cc(N(c3ccccc3)c3ccccc3)ccc2B2c3cc(C(C)(C)C)ccc3N(c3ccc(C(C)(C)C)cc3)c3cc(N(c4ccccc4)c4ccc(-c5cc6ccccc6o5)cc4)cc1c32. The van der Waals surface area contributed by atoms with E-state index >= 15 is 0 Å². The van der Waals surface area contributed by atoms with Gasteiger partial charge < -0.3 is 24.0 Å². The van der Waals surface area contributed by atoms with Gasteiger partial charge in [-0.2, -0.15) is 0 Å². The van der Waals surface area contributed by atoms with Crippen molar-refractivity contribution in [1.29, 1.82) is 0 Å². The van der Waals surface area contributed by atoms with E-state index < -0.39 is 0 Å². The van der Waals surface area contributed by atoms with E-state index in [4.69, 9.17) is 4.42 Å². The van der Waals surface area contributed by atoms with Gasteiger partial charge in [0.05, 0.1) is 11.4 Å². The second kappa shape index (κ2) is 18.9. The van der Waals surface area contributed by atoms with Gasteiger partial charge in [0.2, 0.25) is 0 Å². The first kappa shape index (κ1) is 48.6. The molecule has 13 rings (SSSR count). The van der Waals surface area contributed by atoms with Crippen LogP contribution in [0.25, 0.3) is 22.3 Å². The predicted octanol–water partition coefficient (Wildman–Crippen LogP) is 18.3. The molecule has 380 valence electrons. The highest BCUT2D eigenvalue weighted by Crippen LogP contribution is 2.51. The molecular weight excluding hydrogens is 948 g/mol. The third kappa shape index (κ3) is 8.44. The molecule has 0 radical (unpaired) electrons. The number of anilines is 12. The van der Waals surface area contributed by atoms with E-state index in [1.54, 1.807) is 0 Å². The molecule has 0 atom stereocenters. The first-order valence-electron chi connectivity index (χ1n) is 27.4. The third-order valence-corrected chi connectivity index (χ3v) is 16.0. The fourth-order valence-corrected chi connectivity index (χ4v) is 12.0. The number of hydrogen-bond donors (Lipinski definition) is 0. The highest BCUT2D eigenvalue weighted by atomic mass is 16.3. The molecule has 11 aromatic rings. The number of aryl methyl sites for hydroxylation is 2. The van der Waals surface area contributed by atoms with Crippen LogP contribution in [0, 0.1) is 13.8 Å². The summed E-state index contributed by atoms with van der Waals surface area (Å²) in [5.74, 6) is 0.847. The van der Waals surface area contributed by atoms with Gasteiger partial charge in [-0.15, -0.1) is 0 Å². The molecule has 0 saturated heterocycles. The average Bonchev–Trinajstić information content (AvgIpc) is 3.96. The standard InChI is InChI=1S/C72H63BN4O/c1-48-21-20-22-49(2)70(48)77-64-45-59(74(54-24-12-9-13-25-54)55-26-14-10-15-27-55)40-41-61(64)73-62-44-53(72(6,7)8)35-42-63(62)76(58-38-33-52(34-39-58)71(3,4)5)65-46-60(47-66(77)69(65)73)75(56-28-16-11-17-29-56)57-36-31-50(32-37-57)68-43-51-23-18-19-30-67(51)78-68/h9-47H,1-8H3. The minimum Gasteiger partial charge on any atom is -0.456 e. The van der Waals surface area contributed by atoms with Gasteiger partial charge in [0, 0.05) is 67.8 Å². The van der Waals surface area contributed by atoms with Crippen LogP contribution in [0.2, 0.25) is 0 Å². The molecule has 3 heterocycles. The van der Waals surface area contributed by atoms with Gasteiger partial charge in [0.1, 0.15) is 11.3 Å². The summed E-state index contributed by atoms with van der Waals surface area (Å²) in [5, 5.41) is 1.09. The zero-order valence-electron chi connectivity index (χ0n) is 45.8. The Morgan fingerprint density at radius 1 is 0.385 bits per heavy atom. The first-order valence-corrected chi connectivity index (χ1v) is 27.4. The summed E-state index contributed by atoms with van der Waals surface area (Å²) < 4.78 is 6.41. The smallest absolute Gasteiger partial charge is 0.252 e. The maximum Gasteiger partial charge on any atom is 0.252 e. The van der Waals surface area contributed by atoms with Gasteiger partial charge in [0.25, 0.3) is 6.71 Å². The summed E-state index contributed by atoms with van der Waals surface area (Å²) in [5.41, 5.74) is 24.0. The topological polar surface area (TPSA) is 26.1 Å². The third-order valence-electron chi connectivity index (χ3n) is 16.0. The van der Waals surface area contributed by atoms with E-state index in [0.717, 1.165) is 79.2 Å². The number of nitrogens with zero attached hydrogens (tertiary/aromatic N) is 4. The highest BCUT2D eigenvalue weighted by molar-refractivity contribution is 7.00. The van der Waals surface area contributed by atoms with E-state index in [-0.39, 0.29) is 17.5 Å². The number of benzene rings is 10. The molecule has 0 bridgehead atoms. The minimum absolute atomic E-state index is 0.00860. The Balaban J connectivity index is 1.12. The summed E-state index contributed by atoms with van der Waals surface area (Å²) >= 11 is 0. The molecular formula is C72H63BN4O. The molecule has 0 fully saturated rings. The normalized spacial score (nSPS) is 12.8. The lowest BCUT2D eigenvalue weighted by molar-refractivity contribution is 0.590. The molecule has 1 aromatic heterocycles. The molecule has 0 amide bonds. The Bertz CT molecular complexity index is 3930. The zero-order chi connectivity index (χ0) is 53.5. The molecule has 10 aromatic carbocycles. The van der Waals surface area contributed by atoms with Crippen molar-refractivity contribution in [3.8, 4) is 11.3 Å². The molecule has 0 saturated carbocycles. The average molecular weight is 1010 g/mol. The summed E-state index contributed by atoms with van der Waals surface area (Å²) in [4.78, 5) is 9.97. The molecule has 0 N–H and O–H groups in total. The van der Waals surface area contributed by atoms with E-state index in [1.165, 1.54) is 50.0 Å². The minimum atomic E-state index is -0.105. The van der Waals surface area contributed by atoms with Crippen molar-refractivity contribution < 1.29 is 4.42 Å². The fraction of sp³-hybridized carbons (Fsp3) is 0.139. The van der Waals surface area contributed by atoms with Crippen molar-refractivity contribution >= 4 is 102 Å². The Morgan fingerprint density at radius 3 is 1.49 bits per heavy atom. The van der Waals surface area contributed by atoms with Gasteiger partial charge in [-0.1, -0.05) is 163 Å². The lowest BCUT2D eigenvalue weighted by Gasteiger charge is -2.46. The van der Waals surface area contributed by atoms with Gasteiger partial charge in [-0.05, 0) is 179 Å². The molecule has 0 unspecified atom stereocenters. The van der Waals surface area contributed by atoms with E-state index in [2.05, 4.69) is 299 Å². The van der Waals surface area contributed by atoms with Crippen molar-refractivity contribution in [1.82, 2.24) is 0 Å². The van der Waals surface area contributed by atoms with Crippen LogP contribution < -0.4 is 36.0 Å². The zero-order valence-corrected chi connectivity index (χ0v) is 45.8. The number of para-hydroxylation sites is 5. The van der Waals surface area contributed by atoms with Gasteiger partial charge in [-0.25, -0.2) is 0 Å². The molecule has 78 heavy (non-hydrogen) atoms. The van der Waals surface area contributed by atoms with Crippen LogP contribution >= 0.6 is 0 Å². The van der Waals surface area contributed by atoms with Gasteiger partial charge >= 0.3 is 0 Å². The van der Waals surface area contributed by atoms with Crippen molar-refractivity contribution in [2.24, 2.45) is 0 Å². The van der Waals surface area contributed by atoms with E-state index in [1.807, 2.05) is 12.1 Å². The second-order valence-corrected chi connectivity index (χ2v) is 23.2. The number of hydrogen-bond acceptors (Lipinski definition) is 5. The van der Waals surface area contributed by atoms with Crippen LogP contribution in [0.15, 0.2) is 241 Å². The molecule has 0 spiro atoms. The van der Waals surface area contributed by atoms with Crippen molar-refractivity contribution in [2.75, 3.05) is 19.6 Å². The lowest BCUT2D eigenvalue weighted by Crippen LogP contribution is -2.61. The van der Waals surface area contributed by atoms with Crippen LogP contribution in [0.1, 0.15) is 63.8 Å². The fourth-order valence-electron chi connectivity index (χ4n) is 12.0. The van der Waals surface area contributed by atoms with E-state index in [0.29, 0.717) is 0 Å². The number of furan rings is 1. The van der Waals surface area contributed by atoms with Crippen LogP contribution in [-0.2, 0) is 10.8 Å². The first-order chi connectivity index (χ1) is 37.8. The second-order valence-electron chi connectivity index (χ2n) is 23.2. The van der Waals surface area contributed by atoms with Crippen molar-refractivity contribution in [3.05, 3.63) is 259 Å². The van der Waals surface area contributed by atoms with Crippen LogP contribution in [0.5, 0.6) is 0 Å². The Hall–Kier alpha value is -9.00. The maximum absolute atomic E-state index is 6.41. The molecule has 2 aliphatic heterocycles. The highest BCUT2D eigenvalue weighted by Gasteiger charge is 2.45. The summed E-state index contributed by atoms with van der Waals surface area (Å²) in [6.45, 7) is 18.3. The van der Waals surface area contributed by atoms with Crippen molar-refractivity contribution in [2.45, 2.75) is 66.2 Å².